The molecular weight excluding hydrogens is 350 g/mol. The van der Waals surface area contributed by atoms with Gasteiger partial charge >= 0.3 is 5.97 Å². The van der Waals surface area contributed by atoms with E-state index in [-0.39, 0.29) is 17.3 Å². The van der Waals surface area contributed by atoms with Crippen molar-refractivity contribution < 1.29 is 14.3 Å². The first kappa shape index (κ1) is 20.9. The number of amides is 1. The van der Waals surface area contributed by atoms with Crippen molar-refractivity contribution in [2.24, 2.45) is 5.73 Å². The fourth-order valence-electron chi connectivity index (χ4n) is 2.57. The Morgan fingerprint density at radius 2 is 1.25 bits per heavy atom. The Bertz CT molecular complexity index is 913. The van der Waals surface area contributed by atoms with Gasteiger partial charge in [0.2, 0.25) is 5.91 Å². The number of ether oxygens (including phenoxy) is 1. The molecule has 1 amide bonds. The molecule has 2 N–H and O–H groups in total. The van der Waals surface area contributed by atoms with Crippen LogP contribution in [0.4, 0.5) is 0 Å². The first-order chi connectivity index (χ1) is 13.3. The van der Waals surface area contributed by atoms with Gasteiger partial charge in [-0.1, -0.05) is 75.4 Å². The van der Waals surface area contributed by atoms with Crippen LogP contribution >= 0.6 is 0 Å². The predicted molar refractivity (Wildman–Crippen MR) is 112 cm³/mol. The standard InChI is InChI=1S/C17H18O2.C7H7NO/c1-17(2,3)15-12-8-7-11-14(15)16(18)19-13-9-5-4-6-10-13;8-7(9)6-4-2-1-3-5-6/h4-12H,1-3H3;1-5H,(H2,8,9). The van der Waals surface area contributed by atoms with Crippen LogP contribution in [-0.2, 0) is 5.41 Å². The van der Waals surface area contributed by atoms with E-state index in [1.54, 1.807) is 36.4 Å². The SMILES string of the molecule is CC(C)(C)c1ccccc1C(=O)Oc1ccccc1.NC(=O)c1ccccc1. The second-order valence-corrected chi connectivity index (χ2v) is 7.23. The predicted octanol–water partition coefficient (Wildman–Crippen LogP) is 4.99. The average molecular weight is 375 g/mol. The van der Waals surface area contributed by atoms with Gasteiger partial charge in [0.15, 0.2) is 0 Å². The topological polar surface area (TPSA) is 69.4 Å². The average Bonchev–Trinajstić information content (AvgIpc) is 2.69. The van der Waals surface area contributed by atoms with E-state index >= 15 is 0 Å². The van der Waals surface area contributed by atoms with E-state index < -0.39 is 0 Å². The van der Waals surface area contributed by atoms with Gasteiger partial charge in [0.1, 0.15) is 5.75 Å². The maximum atomic E-state index is 12.3. The van der Waals surface area contributed by atoms with Crippen molar-refractivity contribution in [3.05, 3.63) is 102 Å². The van der Waals surface area contributed by atoms with Crippen LogP contribution in [0.2, 0.25) is 0 Å². The molecule has 4 heteroatoms. The van der Waals surface area contributed by atoms with Gasteiger partial charge in [-0.05, 0) is 41.3 Å². The van der Waals surface area contributed by atoms with Crippen molar-refractivity contribution in [1.82, 2.24) is 0 Å². The fraction of sp³-hybridized carbons (Fsp3) is 0.167. The number of rotatable bonds is 3. The van der Waals surface area contributed by atoms with E-state index in [0.717, 1.165) is 5.56 Å². The summed E-state index contributed by atoms with van der Waals surface area (Å²) in [6.07, 6.45) is 0. The third kappa shape index (κ3) is 6.09. The summed E-state index contributed by atoms with van der Waals surface area (Å²) in [6.45, 7) is 6.25. The molecule has 0 saturated heterocycles. The van der Waals surface area contributed by atoms with Gasteiger partial charge in [-0.2, -0.15) is 0 Å². The number of carbonyl (C=O) groups excluding carboxylic acids is 2. The van der Waals surface area contributed by atoms with Gasteiger partial charge in [0, 0.05) is 5.56 Å². The zero-order valence-electron chi connectivity index (χ0n) is 16.4. The number of nitrogens with two attached hydrogens (primary N) is 1. The summed E-state index contributed by atoms with van der Waals surface area (Å²) in [5, 5.41) is 0. The van der Waals surface area contributed by atoms with Crippen LogP contribution in [0.3, 0.4) is 0 Å². The van der Waals surface area contributed by atoms with E-state index in [4.69, 9.17) is 10.5 Å². The molecule has 4 nitrogen and oxygen atoms in total. The molecule has 0 saturated carbocycles. The van der Waals surface area contributed by atoms with Gasteiger partial charge in [-0.3, -0.25) is 4.79 Å². The van der Waals surface area contributed by atoms with E-state index in [0.29, 0.717) is 16.9 Å². The highest BCUT2D eigenvalue weighted by molar-refractivity contribution is 5.93. The van der Waals surface area contributed by atoms with Crippen molar-refractivity contribution in [3.63, 3.8) is 0 Å². The third-order valence-electron chi connectivity index (χ3n) is 3.97. The van der Waals surface area contributed by atoms with Crippen LogP contribution in [0.1, 0.15) is 47.1 Å². The summed E-state index contributed by atoms with van der Waals surface area (Å²) < 4.78 is 5.40. The number of hydrogen-bond donors (Lipinski definition) is 1. The summed E-state index contributed by atoms with van der Waals surface area (Å²) in [5.74, 6) is -0.122. The smallest absolute Gasteiger partial charge is 0.343 e. The Labute approximate surface area is 166 Å². The molecule has 0 unspecified atom stereocenters. The molecule has 0 aliphatic carbocycles. The van der Waals surface area contributed by atoms with Crippen LogP contribution in [0, 0.1) is 0 Å². The van der Waals surface area contributed by atoms with Crippen molar-refractivity contribution in [2.45, 2.75) is 26.2 Å². The number of carbonyl (C=O) groups is 2. The van der Waals surface area contributed by atoms with Gasteiger partial charge in [0.25, 0.3) is 0 Å². The van der Waals surface area contributed by atoms with Crippen molar-refractivity contribution in [3.8, 4) is 5.75 Å². The highest BCUT2D eigenvalue weighted by Gasteiger charge is 2.22. The molecule has 3 aromatic rings. The molecular formula is C24H25NO3. The van der Waals surface area contributed by atoms with Crippen molar-refractivity contribution >= 4 is 11.9 Å². The van der Waals surface area contributed by atoms with E-state index in [1.165, 1.54) is 0 Å². The molecule has 0 aliphatic heterocycles. The van der Waals surface area contributed by atoms with Crippen molar-refractivity contribution in [2.75, 3.05) is 0 Å². The molecule has 3 rings (SSSR count). The van der Waals surface area contributed by atoms with Crippen LogP contribution in [0.25, 0.3) is 0 Å². The molecule has 3 aromatic carbocycles. The first-order valence-electron chi connectivity index (χ1n) is 9.00. The summed E-state index contributed by atoms with van der Waals surface area (Å²) in [7, 11) is 0. The lowest BCUT2D eigenvalue weighted by molar-refractivity contribution is 0.0732. The Balaban J connectivity index is 0.000000261. The lowest BCUT2D eigenvalue weighted by atomic mass is 9.84. The van der Waals surface area contributed by atoms with Crippen LogP contribution < -0.4 is 10.5 Å². The molecule has 0 aliphatic rings. The quantitative estimate of drug-likeness (QED) is 0.518. The second kappa shape index (κ2) is 9.51. The fourth-order valence-corrected chi connectivity index (χ4v) is 2.57. The van der Waals surface area contributed by atoms with Crippen LogP contribution in [0.5, 0.6) is 5.75 Å². The highest BCUT2D eigenvalue weighted by atomic mass is 16.5. The molecule has 0 aromatic heterocycles. The Morgan fingerprint density at radius 3 is 1.75 bits per heavy atom. The molecule has 0 fully saturated rings. The Morgan fingerprint density at radius 1 is 0.750 bits per heavy atom. The summed E-state index contributed by atoms with van der Waals surface area (Å²) >= 11 is 0. The van der Waals surface area contributed by atoms with E-state index in [1.807, 2.05) is 48.5 Å². The molecule has 0 heterocycles. The van der Waals surface area contributed by atoms with Gasteiger partial charge in [-0.15, -0.1) is 0 Å². The largest absolute Gasteiger partial charge is 0.423 e. The normalized spacial score (nSPS) is 10.4. The molecule has 28 heavy (non-hydrogen) atoms. The van der Waals surface area contributed by atoms with Gasteiger partial charge in [-0.25, -0.2) is 4.79 Å². The molecule has 0 spiro atoms. The van der Waals surface area contributed by atoms with E-state index in [9.17, 15) is 9.59 Å². The lowest BCUT2D eigenvalue weighted by Crippen LogP contribution is -2.19. The number of benzene rings is 3. The maximum Gasteiger partial charge on any atom is 0.343 e. The minimum absolute atomic E-state index is 0.0910. The third-order valence-corrected chi connectivity index (χ3v) is 3.97. The van der Waals surface area contributed by atoms with Crippen molar-refractivity contribution in [1.29, 1.82) is 0 Å². The lowest BCUT2D eigenvalue weighted by Gasteiger charge is -2.21. The summed E-state index contributed by atoms with van der Waals surface area (Å²) in [6, 6.07) is 25.5. The molecule has 144 valence electrons. The van der Waals surface area contributed by atoms with E-state index in [2.05, 4.69) is 20.8 Å². The monoisotopic (exact) mass is 375 g/mol. The Hall–Kier alpha value is -3.40. The molecule has 0 bridgehead atoms. The minimum Gasteiger partial charge on any atom is -0.423 e. The molecule has 0 radical (unpaired) electrons. The second-order valence-electron chi connectivity index (χ2n) is 7.23. The highest BCUT2D eigenvalue weighted by Crippen LogP contribution is 2.26. The number of primary amides is 1. The molecule has 0 atom stereocenters. The number of esters is 1. The first-order valence-corrected chi connectivity index (χ1v) is 9.00. The van der Waals surface area contributed by atoms with Crippen LogP contribution in [0.15, 0.2) is 84.9 Å². The zero-order valence-corrected chi connectivity index (χ0v) is 16.4. The zero-order chi connectivity index (χ0) is 20.6. The summed E-state index contributed by atoms with van der Waals surface area (Å²) in [4.78, 5) is 22.7. The summed E-state index contributed by atoms with van der Waals surface area (Å²) in [5.41, 5.74) is 7.06. The van der Waals surface area contributed by atoms with Crippen LogP contribution in [-0.4, -0.2) is 11.9 Å². The van der Waals surface area contributed by atoms with Gasteiger partial charge in [0.05, 0.1) is 5.56 Å². The number of hydrogen-bond acceptors (Lipinski definition) is 3. The maximum absolute atomic E-state index is 12.3. The minimum atomic E-state index is -0.379. The Kier molecular flexibility index (Phi) is 7.10. The van der Waals surface area contributed by atoms with Gasteiger partial charge < -0.3 is 10.5 Å². The number of para-hydroxylation sites is 1.